The average Bonchev–Trinajstić information content (AvgIpc) is 4.23. The van der Waals surface area contributed by atoms with Gasteiger partial charge in [0.1, 0.15) is 35.8 Å². The molecule has 2 saturated heterocycles. The van der Waals surface area contributed by atoms with Crippen molar-refractivity contribution in [1.82, 2.24) is 40.1 Å². The first-order valence-corrected chi connectivity index (χ1v) is 23.1. The largest absolute Gasteiger partial charge is 0.497 e. The lowest BCUT2D eigenvalue weighted by Crippen LogP contribution is -2.31. The van der Waals surface area contributed by atoms with Gasteiger partial charge in [0, 0.05) is 22.8 Å². The number of nitrogens with zero attached hydrogens (tertiary/aromatic N) is 11. The molecule has 366 valence electrons. The number of benzene rings is 4. The highest BCUT2D eigenvalue weighted by atomic mass is 127. The molecule has 0 bridgehead atoms. The second-order valence-electron chi connectivity index (χ2n) is 15.1. The van der Waals surface area contributed by atoms with Crippen LogP contribution in [0.2, 0.25) is 10.0 Å². The quantitative estimate of drug-likeness (QED) is 0.0380. The third kappa shape index (κ3) is 12.9. The van der Waals surface area contributed by atoms with Crippen LogP contribution in [0.3, 0.4) is 0 Å². The van der Waals surface area contributed by atoms with Gasteiger partial charge in [0.05, 0.1) is 45.4 Å². The lowest BCUT2D eigenvalue weighted by atomic mass is 9.99. The monoisotopic (exact) mass is 1110 g/mol. The van der Waals surface area contributed by atoms with E-state index in [4.69, 9.17) is 58.4 Å². The molecule has 4 aromatic carbocycles. The number of halogens is 3. The molecule has 0 aliphatic carbocycles. The first kappa shape index (κ1) is 50.6. The van der Waals surface area contributed by atoms with Crippen LogP contribution in [0.5, 0.6) is 11.5 Å². The number of carboxylic acid groups (broad SMARTS) is 1. The molecular formula is C46H46Cl2IN11O10. The summed E-state index contributed by atoms with van der Waals surface area (Å²) in [6.07, 6.45) is 0.762. The Morgan fingerprint density at radius 1 is 0.786 bits per heavy atom. The van der Waals surface area contributed by atoms with Crippen LogP contribution in [-0.4, -0.2) is 106 Å². The highest BCUT2D eigenvalue weighted by Gasteiger charge is 2.45. The molecule has 21 nitrogen and oxygen atoms in total. The SMILES string of the molecule is CC(C)=NO.COc1cccc([C@H]2[C@H](Cn3cc(-c4nc(C)no4)nn3)OC(=O)N2c2ccc(Cl)cc2)c1.COc1cccc([C@H]2[C@H](Cn3cc(C(=O)O)nn3)OC(=O)N2c2ccc(Cl)cc2)c1.[2H]CI. The van der Waals surface area contributed by atoms with E-state index in [1.165, 1.54) is 15.8 Å². The summed E-state index contributed by atoms with van der Waals surface area (Å²) in [5.41, 5.74) is 3.86. The molecule has 7 aromatic rings. The van der Waals surface area contributed by atoms with E-state index in [1.54, 1.807) is 105 Å². The van der Waals surface area contributed by atoms with E-state index < -0.39 is 42.4 Å². The topological polar surface area (TPSA) is 248 Å². The maximum absolute atomic E-state index is 13.0. The number of carbonyl (C=O) groups excluding carboxylic acids is 2. The fourth-order valence-electron chi connectivity index (χ4n) is 7.19. The van der Waals surface area contributed by atoms with E-state index >= 15 is 0 Å². The average molecular weight is 1110 g/mol. The van der Waals surface area contributed by atoms with Gasteiger partial charge in [-0.3, -0.25) is 9.80 Å². The number of cyclic esters (lactones) is 2. The minimum atomic E-state index is -1.18. The second-order valence-corrected chi connectivity index (χ2v) is 16.0. The summed E-state index contributed by atoms with van der Waals surface area (Å²) in [5, 5.41) is 40.2. The minimum Gasteiger partial charge on any atom is -0.497 e. The Labute approximate surface area is 426 Å². The summed E-state index contributed by atoms with van der Waals surface area (Å²) in [6.45, 7) is 5.55. The molecule has 9 rings (SSSR count). The number of aromatic carboxylic acids is 1. The molecule has 2 amide bonds. The van der Waals surface area contributed by atoms with E-state index in [1.807, 2.05) is 65.1 Å². The number of rotatable bonds is 12. The van der Waals surface area contributed by atoms with Crippen LogP contribution in [0.1, 0.15) is 54.7 Å². The molecule has 4 atom stereocenters. The maximum Gasteiger partial charge on any atom is 0.415 e. The van der Waals surface area contributed by atoms with Crippen molar-refractivity contribution in [2.45, 2.75) is 58.2 Å². The Morgan fingerprint density at radius 2 is 1.24 bits per heavy atom. The molecule has 2 fully saturated rings. The summed E-state index contributed by atoms with van der Waals surface area (Å²) in [4.78, 5) is 44.7. The number of hydrogen-bond acceptors (Lipinski definition) is 16. The Balaban J connectivity index is 0.000000203. The summed E-state index contributed by atoms with van der Waals surface area (Å²) < 4.78 is 36.5. The lowest BCUT2D eigenvalue weighted by Gasteiger charge is -2.25. The zero-order chi connectivity index (χ0) is 51.2. The maximum atomic E-state index is 13.0. The van der Waals surface area contributed by atoms with Crippen LogP contribution >= 0.6 is 45.8 Å². The molecule has 0 unspecified atom stereocenters. The first-order valence-electron chi connectivity index (χ1n) is 21.5. The molecule has 2 aliphatic rings. The number of oxime groups is 1. The first-order chi connectivity index (χ1) is 34.2. The number of aromatic nitrogens is 8. The van der Waals surface area contributed by atoms with Gasteiger partial charge < -0.3 is 33.8 Å². The number of alkyl halides is 1. The predicted octanol–water partition coefficient (Wildman–Crippen LogP) is 9.38. The molecule has 0 spiro atoms. The Kier molecular flexibility index (Phi) is 17.6. The fourth-order valence-corrected chi connectivity index (χ4v) is 7.44. The zero-order valence-electron chi connectivity index (χ0n) is 39.0. The van der Waals surface area contributed by atoms with E-state index in [0.29, 0.717) is 55.1 Å². The fraction of sp³-hybridized carbons (Fsp3) is 0.261. The van der Waals surface area contributed by atoms with Crippen LogP contribution in [0.25, 0.3) is 11.6 Å². The summed E-state index contributed by atoms with van der Waals surface area (Å²) in [6, 6.07) is 27.8. The smallest absolute Gasteiger partial charge is 0.415 e. The Bertz CT molecular complexity index is 2920. The van der Waals surface area contributed by atoms with Gasteiger partial charge in [-0.1, -0.05) is 90.8 Å². The van der Waals surface area contributed by atoms with Gasteiger partial charge in [0.2, 0.25) is 0 Å². The summed E-state index contributed by atoms with van der Waals surface area (Å²) >= 11 is 14.0. The molecule has 0 saturated carbocycles. The predicted molar refractivity (Wildman–Crippen MR) is 265 cm³/mol. The van der Waals surface area contributed by atoms with Gasteiger partial charge in [-0.05, 0) is 110 Å². The van der Waals surface area contributed by atoms with Gasteiger partial charge >= 0.3 is 18.2 Å². The van der Waals surface area contributed by atoms with E-state index in [9.17, 15) is 14.4 Å². The van der Waals surface area contributed by atoms with Gasteiger partial charge in [0.15, 0.2) is 17.2 Å². The van der Waals surface area contributed by atoms with Crippen LogP contribution in [0.4, 0.5) is 21.0 Å². The van der Waals surface area contributed by atoms with Crippen molar-refractivity contribution in [2.75, 3.05) is 28.9 Å². The van der Waals surface area contributed by atoms with Gasteiger partial charge in [-0.2, -0.15) is 4.98 Å². The number of hydrogen-bond donors (Lipinski definition) is 2. The van der Waals surface area contributed by atoms with Gasteiger partial charge in [0.25, 0.3) is 5.89 Å². The van der Waals surface area contributed by atoms with Crippen molar-refractivity contribution in [3.05, 3.63) is 142 Å². The molecule has 2 N–H and O–H groups in total. The molecule has 2 aliphatic heterocycles. The third-order valence-corrected chi connectivity index (χ3v) is 10.7. The summed E-state index contributed by atoms with van der Waals surface area (Å²) in [5.74, 6) is 0.902. The number of methoxy groups -OCH3 is 2. The number of ether oxygens (including phenoxy) is 4. The van der Waals surface area contributed by atoms with Crippen molar-refractivity contribution >= 4 is 81.0 Å². The molecule has 24 heteroatoms. The molecular weight excluding hydrogens is 1060 g/mol. The molecule has 3 aromatic heterocycles. The van der Waals surface area contributed by atoms with E-state index in [0.717, 1.165) is 11.1 Å². The lowest BCUT2D eigenvalue weighted by molar-refractivity contribution is 0.0689. The molecule has 70 heavy (non-hydrogen) atoms. The number of anilines is 2. The molecule has 5 heterocycles. The van der Waals surface area contributed by atoms with Crippen LogP contribution in [-0.2, 0) is 22.6 Å². The zero-order valence-corrected chi connectivity index (χ0v) is 41.7. The Morgan fingerprint density at radius 3 is 1.64 bits per heavy atom. The van der Waals surface area contributed by atoms with Crippen molar-refractivity contribution in [2.24, 2.45) is 5.16 Å². The highest BCUT2D eigenvalue weighted by Crippen LogP contribution is 2.41. The van der Waals surface area contributed by atoms with Crippen LogP contribution < -0.4 is 19.3 Å². The van der Waals surface area contributed by atoms with Crippen molar-refractivity contribution in [3.63, 3.8) is 0 Å². The molecule has 0 radical (unpaired) electrons. The summed E-state index contributed by atoms with van der Waals surface area (Å²) in [7, 11) is 3.16. The third-order valence-electron chi connectivity index (χ3n) is 10.2. The van der Waals surface area contributed by atoms with Crippen LogP contribution in [0.15, 0.2) is 119 Å². The van der Waals surface area contributed by atoms with Crippen molar-refractivity contribution < 1.29 is 49.5 Å². The van der Waals surface area contributed by atoms with Crippen molar-refractivity contribution in [1.29, 1.82) is 0 Å². The van der Waals surface area contributed by atoms with E-state index in [-0.39, 0.29) is 24.7 Å². The number of aryl methyl sites for hydroxylation is 1. The van der Waals surface area contributed by atoms with Gasteiger partial charge in [-0.15, -0.1) is 10.2 Å². The standard InChI is InChI=1S/C22H19ClN6O4.C20H17ClN4O5.C3H7NO.CH3I/c1-13-24-21(33-26-13)18-11-28(27-25-18)12-19-20(14-4-3-5-17(10-14)31-2)29(22(30)32-19)16-8-6-15(23)7-9-16;1-29-15-4-2-3-12(9-15)18-17(11-24-10-16(19(26)27)22-23-24)30-20(28)25(18)14-7-5-13(21)6-8-14;1-3(2)4-5;1-2/h3-11,19-20H,12H2,1-2H3;2-10,17-18H,11H2,1H3,(H,26,27);5H,1-2H3;1H3/t19-,20-;17-,18-;;/m00../s1/i;;;1D. The van der Waals surface area contributed by atoms with Crippen LogP contribution in [0, 0.1) is 6.92 Å². The van der Waals surface area contributed by atoms with E-state index in [2.05, 4.69) is 35.9 Å². The van der Waals surface area contributed by atoms with Gasteiger partial charge in [-0.25, -0.2) is 23.7 Å². The number of amides is 2. The highest BCUT2D eigenvalue weighted by molar-refractivity contribution is 14.1. The number of carboxylic acids is 1. The second kappa shape index (κ2) is 24.3. The minimum absolute atomic E-state index is 0.123. The normalized spacial score (nSPS) is 17.1. The number of carbonyl (C=O) groups is 3. The van der Waals surface area contributed by atoms with Crippen molar-refractivity contribution in [3.8, 4) is 23.1 Å². The Hall–Kier alpha value is -7.31.